The molecule has 0 fully saturated rings. The first-order valence-corrected chi connectivity index (χ1v) is 4.04. The van der Waals surface area contributed by atoms with Crippen LogP contribution in [-0.4, -0.2) is 12.0 Å². The molecule has 1 aromatic carbocycles. The van der Waals surface area contributed by atoms with E-state index in [4.69, 9.17) is 0 Å². The fourth-order valence-electron chi connectivity index (χ4n) is 1.56. The van der Waals surface area contributed by atoms with E-state index in [2.05, 4.69) is 4.99 Å². The van der Waals surface area contributed by atoms with E-state index in [0.717, 1.165) is 16.8 Å². The number of hydrogen-bond donors (Lipinski definition) is 0. The maximum atomic E-state index is 12.9. The summed E-state index contributed by atoms with van der Waals surface area (Å²) in [4.78, 5) is 3.87. The van der Waals surface area contributed by atoms with Gasteiger partial charge < -0.3 is 0 Å². The Kier molecular flexibility index (Phi) is 1.68. The highest BCUT2D eigenvalue weighted by Crippen LogP contribution is 2.19. The molecular weight excluding hydrogens is 153 g/mol. The van der Waals surface area contributed by atoms with E-state index in [9.17, 15) is 4.39 Å². The van der Waals surface area contributed by atoms with Crippen LogP contribution < -0.4 is 0 Å². The minimum absolute atomic E-state index is 0.424. The van der Waals surface area contributed by atoms with Gasteiger partial charge in [-0.2, -0.15) is 0 Å². The van der Waals surface area contributed by atoms with Crippen molar-refractivity contribution >= 4 is 5.71 Å². The lowest BCUT2D eigenvalue weighted by atomic mass is 9.98. The molecule has 0 bridgehead atoms. The Morgan fingerprint density at radius 3 is 3.00 bits per heavy atom. The number of hydrogen-bond acceptors (Lipinski definition) is 1. The summed E-state index contributed by atoms with van der Waals surface area (Å²) in [7, 11) is 0. The van der Waals surface area contributed by atoms with Crippen molar-refractivity contribution in [2.75, 3.05) is 0 Å². The summed E-state index contributed by atoms with van der Waals surface area (Å²) < 4.78 is 12.9. The molecule has 1 heterocycles. The fraction of sp³-hybridized carbons (Fsp3) is 0.300. The molecule has 0 N–H and O–H groups in total. The van der Waals surface area contributed by atoms with Gasteiger partial charge in [0.25, 0.3) is 0 Å². The Bertz CT molecular complexity index is 330. The van der Waals surface area contributed by atoms with E-state index >= 15 is 0 Å². The SMILES string of the molecule is CC1=NC(F)Cc2ccccc21. The molecule has 1 aromatic rings. The maximum absolute atomic E-state index is 12.9. The van der Waals surface area contributed by atoms with Gasteiger partial charge in [-0.1, -0.05) is 24.3 Å². The number of alkyl halides is 1. The van der Waals surface area contributed by atoms with Crippen LogP contribution >= 0.6 is 0 Å². The van der Waals surface area contributed by atoms with Crippen LogP contribution in [0.1, 0.15) is 18.1 Å². The standard InChI is InChI=1S/C10H10FN/c1-7-9-5-3-2-4-8(9)6-10(11)12-7/h2-5,10H,6H2,1H3. The third kappa shape index (κ3) is 1.13. The minimum Gasteiger partial charge on any atom is -0.253 e. The molecule has 1 aliphatic heterocycles. The van der Waals surface area contributed by atoms with Crippen LogP contribution in [0.4, 0.5) is 4.39 Å². The second kappa shape index (κ2) is 2.70. The van der Waals surface area contributed by atoms with Crippen LogP contribution in [0.15, 0.2) is 29.3 Å². The molecule has 1 aliphatic rings. The molecule has 0 saturated carbocycles. The minimum atomic E-state index is -1.04. The van der Waals surface area contributed by atoms with Crippen molar-refractivity contribution in [3.8, 4) is 0 Å². The van der Waals surface area contributed by atoms with Gasteiger partial charge in [0.2, 0.25) is 0 Å². The molecule has 2 heteroatoms. The summed E-state index contributed by atoms with van der Waals surface area (Å²) in [6.07, 6.45) is -0.618. The molecule has 12 heavy (non-hydrogen) atoms. The van der Waals surface area contributed by atoms with Crippen molar-refractivity contribution < 1.29 is 4.39 Å². The summed E-state index contributed by atoms with van der Waals surface area (Å²) in [5.41, 5.74) is 2.97. The normalized spacial score (nSPS) is 21.5. The van der Waals surface area contributed by atoms with Gasteiger partial charge in [0.15, 0.2) is 6.30 Å². The van der Waals surface area contributed by atoms with Crippen LogP contribution in [0, 0.1) is 0 Å². The van der Waals surface area contributed by atoms with Crippen LogP contribution in [0.25, 0.3) is 0 Å². The molecular formula is C10H10FN. The first-order valence-electron chi connectivity index (χ1n) is 4.04. The van der Waals surface area contributed by atoms with Gasteiger partial charge >= 0.3 is 0 Å². The zero-order valence-electron chi connectivity index (χ0n) is 6.92. The van der Waals surface area contributed by atoms with E-state index < -0.39 is 6.30 Å². The molecule has 0 saturated heterocycles. The summed E-state index contributed by atoms with van der Waals surface area (Å²) in [6.45, 7) is 1.85. The van der Waals surface area contributed by atoms with Gasteiger partial charge in [-0.3, -0.25) is 4.99 Å². The number of fused-ring (bicyclic) bond motifs is 1. The smallest absolute Gasteiger partial charge is 0.194 e. The number of nitrogens with zero attached hydrogens (tertiary/aromatic N) is 1. The molecule has 0 radical (unpaired) electrons. The molecule has 1 nitrogen and oxygen atoms in total. The Morgan fingerprint density at radius 1 is 1.42 bits per heavy atom. The molecule has 0 aromatic heterocycles. The Balaban J connectivity index is 2.53. The van der Waals surface area contributed by atoms with Crippen LogP contribution in [0.5, 0.6) is 0 Å². The van der Waals surface area contributed by atoms with Crippen LogP contribution in [0.2, 0.25) is 0 Å². The molecule has 62 valence electrons. The van der Waals surface area contributed by atoms with Gasteiger partial charge in [0.1, 0.15) is 0 Å². The van der Waals surface area contributed by atoms with Crippen LogP contribution in [-0.2, 0) is 6.42 Å². The number of aliphatic imine (C=N–C) groups is 1. The quantitative estimate of drug-likeness (QED) is 0.520. The molecule has 0 amide bonds. The van der Waals surface area contributed by atoms with E-state index in [1.165, 1.54) is 0 Å². The van der Waals surface area contributed by atoms with Gasteiger partial charge in [-0.15, -0.1) is 0 Å². The first-order chi connectivity index (χ1) is 5.77. The van der Waals surface area contributed by atoms with Crippen LogP contribution in [0.3, 0.4) is 0 Å². The first kappa shape index (κ1) is 7.47. The van der Waals surface area contributed by atoms with E-state index in [-0.39, 0.29) is 0 Å². The lowest BCUT2D eigenvalue weighted by molar-refractivity contribution is 0.342. The Morgan fingerprint density at radius 2 is 2.17 bits per heavy atom. The highest BCUT2D eigenvalue weighted by molar-refractivity contribution is 6.00. The van der Waals surface area contributed by atoms with E-state index in [1.807, 2.05) is 31.2 Å². The molecule has 1 unspecified atom stereocenters. The average molecular weight is 163 g/mol. The lowest BCUT2D eigenvalue weighted by Crippen LogP contribution is -2.15. The second-order valence-electron chi connectivity index (χ2n) is 3.01. The van der Waals surface area contributed by atoms with Gasteiger partial charge in [-0.25, -0.2) is 4.39 Å². The topological polar surface area (TPSA) is 12.4 Å². The summed E-state index contributed by atoms with van der Waals surface area (Å²) in [6, 6.07) is 7.83. The molecule has 1 atom stereocenters. The van der Waals surface area contributed by atoms with Crippen molar-refractivity contribution in [1.82, 2.24) is 0 Å². The highest BCUT2D eigenvalue weighted by atomic mass is 19.1. The predicted molar refractivity (Wildman–Crippen MR) is 47.3 cm³/mol. The zero-order chi connectivity index (χ0) is 8.55. The molecule has 0 aliphatic carbocycles. The fourth-order valence-corrected chi connectivity index (χ4v) is 1.56. The highest BCUT2D eigenvalue weighted by Gasteiger charge is 2.16. The van der Waals surface area contributed by atoms with Crippen molar-refractivity contribution in [2.24, 2.45) is 4.99 Å². The molecule has 0 spiro atoms. The largest absolute Gasteiger partial charge is 0.253 e. The third-order valence-electron chi connectivity index (χ3n) is 2.13. The number of halogens is 1. The summed E-state index contributed by atoms with van der Waals surface area (Å²) >= 11 is 0. The van der Waals surface area contributed by atoms with Crippen molar-refractivity contribution in [3.63, 3.8) is 0 Å². The second-order valence-corrected chi connectivity index (χ2v) is 3.01. The van der Waals surface area contributed by atoms with Gasteiger partial charge in [-0.05, 0) is 18.1 Å². The number of benzene rings is 1. The Hall–Kier alpha value is -1.18. The molecule has 2 rings (SSSR count). The lowest BCUT2D eigenvalue weighted by Gasteiger charge is -2.16. The number of rotatable bonds is 0. The summed E-state index contributed by atoms with van der Waals surface area (Å²) in [5.74, 6) is 0. The van der Waals surface area contributed by atoms with Gasteiger partial charge in [0.05, 0.1) is 0 Å². The maximum Gasteiger partial charge on any atom is 0.194 e. The average Bonchev–Trinajstić information content (AvgIpc) is 2.04. The van der Waals surface area contributed by atoms with E-state index in [1.54, 1.807) is 0 Å². The Labute approximate surface area is 70.9 Å². The summed E-state index contributed by atoms with van der Waals surface area (Å²) in [5, 5.41) is 0. The van der Waals surface area contributed by atoms with Crippen molar-refractivity contribution in [2.45, 2.75) is 19.6 Å². The predicted octanol–water partition coefficient (Wildman–Crippen LogP) is 2.35. The van der Waals surface area contributed by atoms with E-state index in [0.29, 0.717) is 6.42 Å². The van der Waals surface area contributed by atoms with Crippen molar-refractivity contribution in [1.29, 1.82) is 0 Å². The monoisotopic (exact) mass is 163 g/mol. The third-order valence-corrected chi connectivity index (χ3v) is 2.13. The van der Waals surface area contributed by atoms with Crippen molar-refractivity contribution in [3.05, 3.63) is 35.4 Å². The zero-order valence-corrected chi connectivity index (χ0v) is 6.92. The van der Waals surface area contributed by atoms with Gasteiger partial charge in [0, 0.05) is 12.1 Å².